The van der Waals surface area contributed by atoms with Crippen LogP contribution in [0.4, 0.5) is 5.82 Å². The molecular weight excluding hydrogens is 292 g/mol. The molecule has 6 nitrogen and oxygen atoms in total. The van der Waals surface area contributed by atoms with Gasteiger partial charge in [0, 0.05) is 23.7 Å². The quantitative estimate of drug-likeness (QED) is 0.433. The van der Waals surface area contributed by atoms with Gasteiger partial charge in [-0.2, -0.15) is 4.73 Å². The third-order valence-electron chi connectivity index (χ3n) is 4.28. The van der Waals surface area contributed by atoms with Crippen molar-refractivity contribution in [1.82, 2.24) is 9.97 Å². The average Bonchev–Trinajstić information content (AvgIpc) is 2.45. The summed E-state index contributed by atoms with van der Waals surface area (Å²) in [7, 11) is 0. The van der Waals surface area contributed by atoms with Gasteiger partial charge >= 0.3 is 0 Å². The first kappa shape index (κ1) is 15.3. The van der Waals surface area contributed by atoms with Crippen LogP contribution in [0.1, 0.15) is 27.7 Å². The van der Waals surface area contributed by atoms with Crippen LogP contribution in [0.25, 0.3) is 21.7 Å². The Balaban J connectivity index is 2.31. The van der Waals surface area contributed by atoms with Gasteiger partial charge in [-0.3, -0.25) is 4.79 Å². The predicted molar refractivity (Wildman–Crippen MR) is 91.4 cm³/mol. The molecule has 0 aromatic carbocycles. The normalized spacial score (nSPS) is 13.4. The van der Waals surface area contributed by atoms with E-state index in [9.17, 15) is 10.0 Å². The monoisotopic (exact) mass is 312 g/mol. The highest BCUT2D eigenvalue weighted by Crippen LogP contribution is 2.29. The summed E-state index contributed by atoms with van der Waals surface area (Å²) < 4.78 is 0.700. The summed E-state index contributed by atoms with van der Waals surface area (Å²) in [6, 6.07) is 3.60. The largest absolute Gasteiger partial charge is 0.619 e. The number of aromatic amines is 1. The third-order valence-corrected chi connectivity index (χ3v) is 4.28. The Morgan fingerprint density at radius 1 is 1.30 bits per heavy atom. The summed E-state index contributed by atoms with van der Waals surface area (Å²) in [4.78, 5) is 19.4. The van der Waals surface area contributed by atoms with Gasteiger partial charge in [0.15, 0.2) is 12.4 Å². The fourth-order valence-corrected chi connectivity index (χ4v) is 2.42. The molecule has 0 saturated carbocycles. The molecule has 3 heterocycles. The molecule has 2 N–H and O–H groups in total. The van der Waals surface area contributed by atoms with Crippen molar-refractivity contribution in [3.63, 3.8) is 0 Å². The van der Waals surface area contributed by atoms with Gasteiger partial charge in [-0.15, -0.1) is 0 Å². The summed E-state index contributed by atoms with van der Waals surface area (Å²) in [5.41, 5.74) is 0.363. The van der Waals surface area contributed by atoms with Gasteiger partial charge in [0.05, 0.1) is 16.3 Å². The lowest BCUT2D eigenvalue weighted by atomic mass is 9.88. The highest BCUT2D eigenvalue weighted by Gasteiger charge is 2.22. The lowest BCUT2D eigenvalue weighted by Crippen LogP contribution is -2.31. The summed E-state index contributed by atoms with van der Waals surface area (Å²) in [6.07, 6.45) is 4.40. The Labute approximate surface area is 133 Å². The van der Waals surface area contributed by atoms with Crippen molar-refractivity contribution < 1.29 is 4.73 Å². The van der Waals surface area contributed by atoms with Crippen molar-refractivity contribution in [2.75, 3.05) is 5.32 Å². The Bertz CT molecular complexity index is 941. The molecule has 0 saturated heterocycles. The minimum absolute atomic E-state index is 0.0460. The second kappa shape index (κ2) is 5.22. The number of H-pyrrole nitrogens is 1. The number of nitrogens with zero attached hydrogens (tertiary/aromatic N) is 2. The van der Waals surface area contributed by atoms with Gasteiger partial charge < -0.3 is 15.5 Å². The van der Waals surface area contributed by atoms with E-state index < -0.39 is 0 Å². The molecule has 1 unspecified atom stereocenters. The fourth-order valence-electron chi connectivity index (χ4n) is 2.42. The topological polar surface area (TPSA) is 84.7 Å². The molecule has 3 aromatic heterocycles. The summed E-state index contributed by atoms with van der Waals surface area (Å²) >= 11 is 0. The molecule has 0 aliphatic heterocycles. The van der Waals surface area contributed by atoms with E-state index in [2.05, 4.69) is 43.0 Å². The molecule has 0 aliphatic carbocycles. The van der Waals surface area contributed by atoms with E-state index in [1.165, 1.54) is 12.4 Å². The van der Waals surface area contributed by atoms with Crippen LogP contribution < -0.4 is 15.6 Å². The molecule has 120 valence electrons. The summed E-state index contributed by atoms with van der Waals surface area (Å²) in [5.74, 6) is 0.682. The van der Waals surface area contributed by atoms with Gasteiger partial charge in [-0.1, -0.05) is 20.8 Å². The number of aromatic nitrogens is 3. The number of pyridine rings is 3. The van der Waals surface area contributed by atoms with Crippen molar-refractivity contribution in [2.24, 2.45) is 5.41 Å². The smallest absolute Gasteiger partial charge is 0.258 e. The number of nitrogens with one attached hydrogen (secondary N) is 2. The molecule has 1 atom stereocenters. The van der Waals surface area contributed by atoms with Crippen LogP contribution in [0.15, 0.2) is 35.5 Å². The zero-order chi connectivity index (χ0) is 16.8. The van der Waals surface area contributed by atoms with E-state index in [1.54, 1.807) is 18.3 Å². The standard InChI is InChI=1S/C17H20N4O2/c1-10(17(2,3)4)19-15-11-6-8-21(23)9-12(11)14-13(20-15)5-7-18-16(14)22/h5-10H,1-4H3,(H,18,22)(H,19,20). The molecule has 0 amide bonds. The Kier molecular flexibility index (Phi) is 3.47. The van der Waals surface area contributed by atoms with Crippen molar-refractivity contribution in [3.05, 3.63) is 46.3 Å². The summed E-state index contributed by atoms with van der Waals surface area (Å²) in [6.45, 7) is 8.52. The van der Waals surface area contributed by atoms with Crippen LogP contribution in [0.5, 0.6) is 0 Å². The highest BCUT2D eigenvalue weighted by molar-refractivity contribution is 6.08. The zero-order valence-electron chi connectivity index (χ0n) is 13.7. The van der Waals surface area contributed by atoms with Crippen LogP contribution in [0.2, 0.25) is 0 Å². The highest BCUT2D eigenvalue weighted by atomic mass is 16.5. The van der Waals surface area contributed by atoms with Gasteiger partial charge in [0.1, 0.15) is 5.82 Å². The first-order valence-corrected chi connectivity index (χ1v) is 7.58. The van der Waals surface area contributed by atoms with Crippen molar-refractivity contribution in [2.45, 2.75) is 33.7 Å². The molecule has 0 spiro atoms. The second-order valence-corrected chi connectivity index (χ2v) is 6.89. The van der Waals surface area contributed by atoms with E-state index in [1.807, 2.05) is 0 Å². The van der Waals surface area contributed by atoms with Crippen LogP contribution in [0.3, 0.4) is 0 Å². The maximum absolute atomic E-state index is 12.2. The lowest BCUT2D eigenvalue weighted by Gasteiger charge is -2.29. The maximum atomic E-state index is 12.2. The van der Waals surface area contributed by atoms with E-state index in [0.29, 0.717) is 26.8 Å². The minimum Gasteiger partial charge on any atom is -0.619 e. The van der Waals surface area contributed by atoms with Gasteiger partial charge in [-0.25, -0.2) is 4.98 Å². The number of anilines is 1. The Morgan fingerprint density at radius 3 is 2.74 bits per heavy atom. The van der Waals surface area contributed by atoms with Crippen molar-refractivity contribution in [3.8, 4) is 0 Å². The molecule has 3 rings (SSSR count). The average molecular weight is 312 g/mol. The van der Waals surface area contributed by atoms with Gasteiger partial charge in [0.2, 0.25) is 0 Å². The van der Waals surface area contributed by atoms with Crippen LogP contribution >= 0.6 is 0 Å². The van der Waals surface area contributed by atoms with E-state index in [0.717, 1.165) is 5.39 Å². The molecule has 0 fully saturated rings. The summed E-state index contributed by atoms with van der Waals surface area (Å²) in [5, 5.41) is 16.9. The number of hydrogen-bond acceptors (Lipinski definition) is 4. The lowest BCUT2D eigenvalue weighted by molar-refractivity contribution is -0.603. The van der Waals surface area contributed by atoms with Gasteiger partial charge in [0.25, 0.3) is 5.56 Å². The molecule has 0 bridgehead atoms. The van der Waals surface area contributed by atoms with Crippen LogP contribution in [-0.4, -0.2) is 16.0 Å². The van der Waals surface area contributed by atoms with E-state index >= 15 is 0 Å². The fraction of sp³-hybridized carbons (Fsp3) is 0.353. The van der Waals surface area contributed by atoms with Crippen LogP contribution in [-0.2, 0) is 0 Å². The predicted octanol–water partition coefficient (Wildman–Crippen LogP) is 2.56. The van der Waals surface area contributed by atoms with E-state index in [4.69, 9.17) is 0 Å². The van der Waals surface area contributed by atoms with Crippen molar-refractivity contribution in [1.29, 1.82) is 0 Å². The molecule has 3 aromatic rings. The molecule has 0 aliphatic rings. The van der Waals surface area contributed by atoms with Crippen LogP contribution in [0, 0.1) is 10.6 Å². The molecular formula is C17H20N4O2. The van der Waals surface area contributed by atoms with E-state index in [-0.39, 0.29) is 17.0 Å². The Hall–Kier alpha value is -2.63. The number of fused-ring (bicyclic) bond motifs is 3. The first-order chi connectivity index (χ1) is 10.8. The third kappa shape index (κ3) is 2.72. The second-order valence-electron chi connectivity index (χ2n) is 6.89. The zero-order valence-corrected chi connectivity index (χ0v) is 13.7. The van der Waals surface area contributed by atoms with Crippen molar-refractivity contribution >= 4 is 27.5 Å². The van der Waals surface area contributed by atoms with Gasteiger partial charge in [-0.05, 0) is 18.4 Å². The Morgan fingerprint density at radius 2 is 2.04 bits per heavy atom. The number of hydrogen-bond donors (Lipinski definition) is 2. The molecule has 0 radical (unpaired) electrons. The molecule has 6 heteroatoms. The number of rotatable bonds is 2. The first-order valence-electron chi connectivity index (χ1n) is 7.58. The SMILES string of the molecule is CC(Nc1nc2cc[nH]c(=O)c2c2c[n+]([O-])ccc12)C(C)(C)C. The maximum Gasteiger partial charge on any atom is 0.258 e. The minimum atomic E-state index is -0.249. The molecule has 23 heavy (non-hydrogen) atoms.